The number of amides is 1. The molecule has 1 aliphatic rings. The van der Waals surface area contributed by atoms with Gasteiger partial charge in [0.1, 0.15) is 0 Å². The van der Waals surface area contributed by atoms with E-state index in [-0.39, 0.29) is 11.9 Å². The Labute approximate surface area is 192 Å². The lowest BCUT2D eigenvalue weighted by Crippen LogP contribution is -2.43. The van der Waals surface area contributed by atoms with Gasteiger partial charge in [0, 0.05) is 42.5 Å². The monoisotopic (exact) mass is 445 g/mol. The maximum Gasteiger partial charge on any atom is 0.254 e. The fraction of sp³-hybridized carbons (Fsp3) is 0.269. The van der Waals surface area contributed by atoms with Crippen LogP contribution < -0.4 is 5.32 Å². The van der Waals surface area contributed by atoms with E-state index in [4.69, 9.17) is 4.74 Å². The Balaban J connectivity index is 1.48. The highest BCUT2D eigenvalue weighted by Crippen LogP contribution is 2.33. The zero-order valence-corrected chi connectivity index (χ0v) is 19.0. The molecule has 4 aromatic rings. The Morgan fingerprint density at radius 2 is 1.78 bits per heavy atom. The SMILES string of the molecule is Cn1c(-c2ccccc2)c(C(=O)NCC(c2cccs2)N2CCOCC2)c2ccccc21. The molecular formula is C26H27N3O2S. The van der Waals surface area contributed by atoms with E-state index in [1.807, 2.05) is 43.4 Å². The zero-order valence-electron chi connectivity index (χ0n) is 18.2. The van der Waals surface area contributed by atoms with Gasteiger partial charge in [0.15, 0.2) is 0 Å². The van der Waals surface area contributed by atoms with Crippen molar-refractivity contribution in [2.24, 2.45) is 7.05 Å². The van der Waals surface area contributed by atoms with Gasteiger partial charge in [-0.15, -0.1) is 11.3 Å². The molecule has 1 fully saturated rings. The molecule has 32 heavy (non-hydrogen) atoms. The molecule has 0 saturated carbocycles. The molecule has 0 aliphatic carbocycles. The summed E-state index contributed by atoms with van der Waals surface area (Å²) in [6, 6.07) is 22.7. The summed E-state index contributed by atoms with van der Waals surface area (Å²) in [5.74, 6) is -0.0320. The van der Waals surface area contributed by atoms with Crippen LogP contribution in [0.1, 0.15) is 21.3 Å². The highest BCUT2D eigenvalue weighted by Gasteiger charge is 2.26. The molecule has 2 aromatic carbocycles. The third-order valence-corrected chi connectivity index (χ3v) is 7.17. The molecule has 0 radical (unpaired) electrons. The van der Waals surface area contributed by atoms with E-state index in [9.17, 15) is 4.79 Å². The molecule has 1 unspecified atom stereocenters. The van der Waals surface area contributed by atoms with Crippen LogP contribution in [-0.2, 0) is 11.8 Å². The first-order chi connectivity index (χ1) is 15.7. The van der Waals surface area contributed by atoms with Crippen LogP contribution in [0.4, 0.5) is 0 Å². The number of para-hydroxylation sites is 1. The molecule has 1 aliphatic heterocycles. The molecule has 1 amide bonds. The number of hydrogen-bond acceptors (Lipinski definition) is 4. The standard InChI is InChI=1S/C26H27N3O2S/c1-28-21-11-6-5-10-20(21)24(25(28)19-8-3-2-4-9-19)26(30)27-18-22(23-12-7-17-32-23)29-13-15-31-16-14-29/h2-12,17,22H,13-16,18H2,1H3,(H,27,30). The fourth-order valence-corrected chi connectivity index (χ4v) is 5.48. The minimum atomic E-state index is -0.0320. The lowest BCUT2D eigenvalue weighted by molar-refractivity contribution is 0.0169. The molecule has 6 heteroatoms. The van der Waals surface area contributed by atoms with Crippen LogP contribution in [0.5, 0.6) is 0 Å². The predicted molar refractivity (Wildman–Crippen MR) is 130 cm³/mol. The second kappa shape index (κ2) is 9.28. The van der Waals surface area contributed by atoms with Gasteiger partial charge in [0.25, 0.3) is 5.91 Å². The Morgan fingerprint density at radius 3 is 2.53 bits per heavy atom. The van der Waals surface area contributed by atoms with Crippen LogP contribution in [0.15, 0.2) is 72.1 Å². The molecule has 164 valence electrons. The van der Waals surface area contributed by atoms with Crippen LogP contribution in [0, 0.1) is 0 Å². The van der Waals surface area contributed by atoms with Crippen molar-refractivity contribution in [3.63, 3.8) is 0 Å². The summed E-state index contributed by atoms with van der Waals surface area (Å²) in [7, 11) is 2.03. The van der Waals surface area contributed by atoms with E-state index in [0.29, 0.717) is 6.54 Å². The van der Waals surface area contributed by atoms with Gasteiger partial charge >= 0.3 is 0 Å². The number of carbonyl (C=O) groups is 1. The molecule has 0 bridgehead atoms. The van der Waals surface area contributed by atoms with Gasteiger partial charge in [0.05, 0.1) is 30.5 Å². The quantitative estimate of drug-likeness (QED) is 0.468. The maximum absolute atomic E-state index is 13.7. The number of morpholine rings is 1. The Morgan fingerprint density at radius 1 is 1.03 bits per heavy atom. The Kier molecular flexibility index (Phi) is 6.08. The average Bonchev–Trinajstić information content (AvgIpc) is 3.47. The number of ether oxygens (including phenoxy) is 1. The summed E-state index contributed by atoms with van der Waals surface area (Å²) < 4.78 is 7.67. The maximum atomic E-state index is 13.7. The van der Waals surface area contributed by atoms with Crippen molar-refractivity contribution in [2.75, 3.05) is 32.8 Å². The predicted octanol–water partition coefficient (Wildman–Crippen LogP) is 4.71. The van der Waals surface area contributed by atoms with Gasteiger partial charge in [-0.1, -0.05) is 54.6 Å². The van der Waals surface area contributed by atoms with E-state index < -0.39 is 0 Å². The van der Waals surface area contributed by atoms with Crippen molar-refractivity contribution < 1.29 is 9.53 Å². The van der Waals surface area contributed by atoms with Crippen LogP contribution in [0.2, 0.25) is 0 Å². The number of hydrogen-bond donors (Lipinski definition) is 1. The number of fused-ring (bicyclic) bond motifs is 1. The number of benzene rings is 2. The molecule has 2 aromatic heterocycles. The van der Waals surface area contributed by atoms with Crippen molar-refractivity contribution in [3.05, 3.63) is 82.6 Å². The number of aromatic nitrogens is 1. The van der Waals surface area contributed by atoms with E-state index in [1.54, 1.807) is 11.3 Å². The number of nitrogens with zero attached hydrogens (tertiary/aromatic N) is 2. The molecule has 1 saturated heterocycles. The van der Waals surface area contributed by atoms with E-state index >= 15 is 0 Å². The van der Waals surface area contributed by atoms with Crippen molar-refractivity contribution in [1.82, 2.24) is 14.8 Å². The first-order valence-corrected chi connectivity index (χ1v) is 11.9. The van der Waals surface area contributed by atoms with Gasteiger partial charge in [0.2, 0.25) is 0 Å². The molecule has 0 spiro atoms. The third-order valence-electron chi connectivity index (χ3n) is 6.20. The minimum Gasteiger partial charge on any atom is -0.379 e. The first kappa shape index (κ1) is 20.9. The molecular weight excluding hydrogens is 418 g/mol. The van der Waals surface area contributed by atoms with Crippen molar-refractivity contribution >= 4 is 28.1 Å². The molecule has 1 atom stereocenters. The minimum absolute atomic E-state index is 0.0320. The van der Waals surface area contributed by atoms with Crippen LogP contribution >= 0.6 is 11.3 Å². The smallest absolute Gasteiger partial charge is 0.254 e. The van der Waals surface area contributed by atoms with Gasteiger partial charge in [-0.05, 0) is 23.1 Å². The summed E-state index contributed by atoms with van der Waals surface area (Å²) in [4.78, 5) is 17.3. The molecule has 5 rings (SSSR count). The van der Waals surface area contributed by atoms with Crippen molar-refractivity contribution in [1.29, 1.82) is 0 Å². The largest absolute Gasteiger partial charge is 0.379 e. The van der Waals surface area contributed by atoms with Crippen LogP contribution in [0.25, 0.3) is 22.2 Å². The van der Waals surface area contributed by atoms with E-state index in [2.05, 4.69) is 50.5 Å². The van der Waals surface area contributed by atoms with E-state index in [1.165, 1.54) is 4.88 Å². The summed E-state index contributed by atoms with van der Waals surface area (Å²) in [5.41, 5.74) is 3.78. The number of aryl methyl sites for hydroxylation is 1. The molecule has 1 N–H and O–H groups in total. The average molecular weight is 446 g/mol. The van der Waals surface area contributed by atoms with Crippen molar-refractivity contribution in [3.8, 4) is 11.3 Å². The van der Waals surface area contributed by atoms with Crippen LogP contribution in [-0.4, -0.2) is 48.2 Å². The number of nitrogens with one attached hydrogen (secondary N) is 1. The summed E-state index contributed by atoms with van der Waals surface area (Å²) in [6.07, 6.45) is 0. The van der Waals surface area contributed by atoms with Gasteiger partial charge in [-0.25, -0.2) is 0 Å². The van der Waals surface area contributed by atoms with E-state index in [0.717, 1.165) is 54.0 Å². The van der Waals surface area contributed by atoms with Crippen molar-refractivity contribution in [2.45, 2.75) is 6.04 Å². The lowest BCUT2D eigenvalue weighted by atomic mass is 10.0. The number of carbonyl (C=O) groups excluding carboxylic acids is 1. The third kappa shape index (κ3) is 3.97. The fourth-order valence-electron chi connectivity index (χ4n) is 4.61. The molecule has 3 heterocycles. The van der Waals surface area contributed by atoms with Crippen LogP contribution in [0.3, 0.4) is 0 Å². The van der Waals surface area contributed by atoms with Gasteiger partial charge < -0.3 is 14.6 Å². The highest BCUT2D eigenvalue weighted by molar-refractivity contribution is 7.10. The summed E-state index contributed by atoms with van der Waals surface area (Å²) in [5, 5.41) is 6.35. The van der Waals surface area contributed by atoms with Gasteiger partial charge in [-0.2, -0.15) is 0 Å². The normalized spacial score (nSPS) is 15.7. The summed E-state index contributed by atoms with van der Waals surface area (Å²) >= 11 is 1.74. The Bertz CT molecular complexity index is 1190. The highest BCUT2D eigenvalue weighted by atomic mass is 32.1. The first-order valence-electron chi connectivity index (χ1n) is 11.0. The number of thiophene rings is 1. The zero-order chi connectivity index (χ0) is 21.9. The summed E-state index contributed by atoms with van der Waals surface area (Å²) in [6.45, 7) is 3.79. The molecule has 5 nitrogen and oxygen atoms in total. The Hall–Kier alpha value is -2.93. The van der Waals surface area contributed by atoms with Gasteiger partial charge in [-0.3, -0.25) is 9.69 Å². The lowest BCUT2D eigenvalue weighted by Gasteiger charge is -2.34. The topological polar surface area (TPSA) is 46.5 Å². The second-order valence-corrected chi connectivity index (χ2v) is 9.03. The number of rotatable bonds is 6. The second-order valence-electron chi connectivity index (χ2n) is 8.06.